The standard InChI is InChI=1S/C5H12O3Si/c1-2-7-9-5-4(3-6)8-5/h4-6H,2-3,9H2,1H3. The molecule has 2 unspecified atom stereocenters. The zero-order valence-corrected chi connectivity index (χ0v) is 6.95. The normalized spacial score (nSPS) is 34.0. The van der Waals surface area contributed by atoms with E-state index in [0.717, 1.165) is 6.61 Å². The van der Waals surface area contributed by atoms with Crippen molar-refractivity contribution < 1.29 is 14.3 Å². The van der Waals surface area contributed by atoms with Gasteiger partial charge in [0, 0.05) is 6.61 Å². The predicted molar refractivity (Wildman–Crippen MR) is 35.9 cm³/mol. The van der Waals surface area contributed by atoms with Gasteiger partial charge in [-0.2, -0.15) is 0 Å². The lowest BCUT2D eigenvalue weighted by Gasteiger charge is -1.92. The Morgan fingerprint density at radius 2 is 2.56 bits per heavy atom. The number of rotatable bonds is 4. The molecule has 4 heteroatoms. The summed E-state index contributed by atoms with van der Waals surface area (Å²) < 4.78 is 10.2. The van der Waals surface area contributed by atoms with Crippen LogP contribution in [0.25, 0.3) is 0 Å². The van der Waals surface area contributed by atoms with E-state index in [1.807, 2.05) is 6.92 Å². The lowest BCUT2D eigenvalue weighted by atomic mass is 10.5. The molecule has 0 aromatic rings. The van der Waals surface area contributed by atoms with Crippen LogP contribution in [-0.2, 0) is 9.16 Å². The van der Waals surface area contributed by atoms with E-state index in [1.165, 1.54) is 0 Å². The van der Waals surface area contributed by atoms with Gasteiger partial charge < -0.3 is 14.3 Å². The summed E-state index contributed by atoms with van der Waals surface area (Å²) in [5.41, 5.74) is 0.301. The molecule has 9 heavy (non-hydrogen) atoms. The Balaban J connectivity index is 1.92. The van der Waals surface area contributed by atoms with Crippen LogP contribution in [-0.4, -0.2) is 39.9 Å². The summed E-state index contributed by atoms with van der Waals surface area (Å²) in [5.74, 6) is 0. The Morgan fingerprint density at radius 3 is 3.00 bits per heavy atom. The van der Waals surface area contributed by atoms with Gasteiger partial charge in [-0.15, -0.1) is 0 Å². The van der Waals surface area contributed by atoms with Gasteiger partial charge in [0.2, 0.25) is 0 Å². The summed E-state index contributed by atoms with van der Waals surface area (Å²) in [7, 11) is -0.483. The van der Waals surface area contributed by atoms with Crippen LogP contribution >= 0.6 is 0 Å². The molecule has 0 radical (unpaired) electrons. The maximum Gasteiger partial charge on any atom is 0.193 e. The fourth-order valence-corrected chi connectivity index (χ4v) is 1.88. The van der Waals surface area contributed by atoms with Gasteiger partial charge in [0.1, 0.15) is 6.10 Å². The quantitative estimate of drug-likeness (QED) is 0.403. The van der Waals surface area contributed by atoms with E-state index in [-0.39, 0.29) is 12.7 Å². The molecule has 0 spiro atoms. The number of hydrogen-bond donors (Lipinski definition) is 1. The smallest absolute Gasteiger partial charge is 0.193 e. The Labute approximate surface area is 56.9 Å². The highest BCUT2D eigenvalue weighted by Crippen LogP contribution is 2.19. The van der Waals surface area contributed by atoms with Gasteiger partial charge in [-0.3, -0.25) is 0 Å². The molecule has 54 valence electrons. The van der Waals surface area contributed by atoms with Gasteiger partial charge in [0.15, 0.2) is 9.76 Å². The molecule has 1 fully saturated rings. The molecule has 3 nitrogen and oxygen atoms in total. The Bertz CT molecular complexity index is 88.3. The van der Waals surface area contributed by atoms with Gasteiger partial charge in [-0.05, 0) is 6.92 Å². The third kappa shape index (κ3) is 2.06. The van der Waals surface area contributed by atoms with Crippen molar-refractivity contribution in [3.05, 3.63) is 0 Å². The monoisotopic (exact) mass is 148 g/mol. The first-order chi connectivity index (χ1) is 4.38. The molecular formula is C5H12O3Si. The first-order valence-electron chi connectivity index (χ1n) is 3.22. The van der Waals surface area contributed by atoms with E-state index in [2.05, 4.69) is 0 Å². The van der Waals surface area contributed by atoms with Crippen molar-refractivity contribution >= 4 is 9.76 Å². The maximum absolute atomic E-state index is 8.52. The minimum atomic E-state index is -0.483. The Morgan fingerprint density at radius 1 is 1.78 bits per heavy atom. The van der Waals surface area contributed by atoms with Crippen LogP contribution in [0.5, 0.6) is 0 Å². The summed E-state index contributed by atoms with van der Waals surface area (Å²) >= 11 is 0. The second-order valence-electron chi connectivity index (χ2n) is 2.06. The van der Waals surface area contributed by atoms with Gasteiger partial charge in [0.05, 0.1) is 12.3 Å². The highest BCUT2D eigenvalue weighted by Gasteiger charge is 2.38. The van der Waals surface area contributed by atoms with E-state index in [0.29, 0.717) is 5.73 Å². The van der Waals surface area contributed by atoms with Gasteiger partial charge >= 0.3 is 0 Å². The van der Waals surface area contributed by atoms with Crippen molar-refractivity contribution in [1.82, 2.24) is 0 Å². The highest BCUT2D eigenvalue weighted by molar-refractivity contribution is 6.30. The minimum Gasteiger partial charge on any atom is -0.422 e. The van der Waals surface area contributed by atoms with Crippen molar-refractivity contribution in [3.8, 4) is 0 Å². The second kappa shape index (κ2) is 3.31. The van der Waals surface area contributed by atoms with E-state index < -0.39 is 9.76 Å². The lowest BCUT2D eigenvalue weighted by molar-refractivity contribution is 0.243. The predicted octanol–water partition coefficient (Wildman–Crippen LogP) is -1.18. The van der Waals surface area contributed by atoms with Crippen molar-refractivity contribution in [2.75, 3.05) is 13.2 Å². The van der Waals surface area contributed by atoms with E-state index >= 15 is 0 Å². The number of aliphatic hydroxyl groups is 1. The molecular weight excluding hydrogens is 136 g/mol. The van der Waals surface area contributed by atoms with Crippen LogP contribution in [0.2, 0.25) is 0 Å². The fourth-order valence-electron chi connectivity index (χ4n) is 0.720. The molecule has 0 aromatic carbocycles. The molecule has 1 rings (SSSR count). The summed E-state index contributed by atoms with van der Waals surface area (Å²) in [6.45, 7) is 2.91. The summed E-state index contributed by atoms with van der Waals surface area (Å²) in [6.07, 6.45) is 0.114. The molecule has 1 aliphatic heterocycles. The van der Waals surface area contributed by atoms with Crippen molar-refractivity contribution in [1.29, 1.82) is 0 Å². The zero-order valence-electron chi connectivity index (χ0n) is 5.54. The first-order valence-corrected chi connectivity index (χ1v) is 4.62. The van der Waals surface area contributed by atoms with Crippen molar-refractivity contribution in [2.45, 2.75) is 18.8 Å². The molecule has 0 amide bonds. The Kier molecular flexibility index (Phi) is 2.65. The number of ether oxygens (including phenoxy) is 1. The summed E-state index contributed by atoms with van der Waals surface area (Å²) in [6, 6.07) is 0. The summed E-state index contributed by atoms with van der Waals surface area (Å²) in [5, 5.41) is 8.52. The lowest BCUT2D eigenvalue weighted by Crippen LogP contribution is -2.10. The number of hydrogen-bond acceptors (Lipinski definition) is 3. The SMILES string of the molecule is CCO[SiH2]C1OC1CO. The molecule has 0 saturated carbocycles. The number of aliphatic hydroxyl groups excluding tert-OH is 1. The third-order valence-electron chi connectivity index (χ3n) is 1.35. The van der Waals surface area contributed by atoms with Gasteiger partial charge in [0.25, 0.3) is 0 Å². The first kappa shape index (κ1) is 7.21. The van der Waals surface area contributed by atoms with Crippen LogP contribution < -0.4 is 0 Å². The largest absolute Gasteiger partial charge is 0.422 e. The highest BCUT2D eigenvalue weighted by atomic mass is 28.2. The molecule has 1 saturated heterocycles. The summed E-state index contributed by atoms with van der Waals surface area (Å²) in [4.78, 5) is 0. The van der Waals surface area contributed by atoms with E-state index in [9.17, 15) is 0 Å². The fraction of sp³-hybridized carbons (Fsp3) is 1.00. The van der Waals surface area contributed by atoms with Crippen LogP contribution in [0, 0.1) is 0 Å². The van der Waals surface area contributed by atoms with Crippen molar-refractivity contribution in [3.63, 3.8) is 0 Å². The van der Waals surface area contributed by atoms with Gasteiger partial charge in [-0.1, -0.05) is 0 Å². The van der Waals surface area contributed by atoms with Crippen LogP contribution in [0.3, 0.4) is 0 Å². The number of epoxide rings is 1. The van der Waals surface area contributed by atoms with Crippen LogP contribution in [0.15, 0.2) is 0 Å². The zero-order chi connectivity index (χ0) is 6.69. The molecule has 0 aromatic heterocycles. The van der Waals surface area contributed by atoms with Crippen LogP contribution in [0.4, 0.5) is 0 Å². The molecule has 1 heterocycles. The molecule has 0 aliphatic carbocycles. The van der Waals surface area contributed by atoms with Crippen LogP contribution in [0.1, 0.15) is 6.92 Å². The average molecular weight is 148 g/mol. The maximum atomic E-state index is 8.52. The topological polar surface area (TPSA) is 42.0 Å². The second-order valence-corrected chi connectivity index (χ2v) is 3.60. The van der Waals surface area contributed by atoms with Gasteiger partial charge in [-0.25, -0.2) is 0 Å². The Hall–Kier alpha value is 0.0969. The van der Waals surface area contributed by atoms with E-state index in [1.54, 1.807) is 0 Å². The minimum absolute atomic E-state index is 0.114. The third-order valence-corrected chi connectivity index (χ3v) is 3.04. The molecule has 2 atom stereocenters. The molecule has 1 aliphatic rings. The molecule has 0 bridgehead atoms. The van der Waals surface area contributed by atoms with Crippen molar-refractivity contribution in [2.24, 2.45) is 0 Å². The molecule has 1 N–H and O–H groups in total. The van der Waals surface area contributed by atoms with E-state index in [4.69, 9.17) is 14.3 Å². The average Bonchev–Trinajstić information content (AvgIpc) is 2.62.